The third-order valence-electron chi connectivity index (χ3n) is 6.91. The second-order valence-electron chi connectivity index (χ2n) is 8.91. The molecule has 0 heterocycles. The normalized spacial score (nSPS) is 28.2. The van der Waals surface area contributed by atoms with Crippen LogP contribution < -0.4 is 5.73 Å². The van der Waals surface area contributed by atoms with Gasteiger partial charge in [-0.25, -0.2) is 0 Å². The van der Waals surface area contributed by atoms with Crippen molar-refractivity contribution in [3.8, 4) is 17.6 Å². The lowest BCUT2D eigenvalue weighted by molar-refractivity contribution is -0.153. The van der Waals surface area contributed by atoms with Crippen LogP contribution in [-0.2, 0) is 20.8 Å². The largest absolute Gasteiger partial charge is 0.508 e. The number of rotatable bonds is 2. The number of ketones is 2. The molecule has 0 bridgehead atoms. The molecule has 1 aromatic rings. The van der Waals surface area contributed by atoms with Crippen molar-refractivity contribution < 1.29 is 39.9 Å². The number of amides is 1. The summed E-state index contributed by atoms with van der Waals surface area (Å²) in [4.78, 5) is 40.1. The van der Waals surface area contributed by atoms with E-state index in [9.17, 15) is 34.8 Å². The molecule has 1 fully saturated rings. The average Bonchev–Trinajstić information content (AvgIpc) is 2.75. The highest BCUT2D eigenvalue weighted by Crippen LogP contribution is 2.52. The molecule has 3 aliphatic rings. The predicted octanol–water partition coefficient (Wildman–Crippen LogP) is -0.692. The smallest absolute Gasteiger partial charge is 0.255 e. The van der Waals surface area contributed by atoms with Gasteiger partial charge in [0.05, 0.1) is 11.6 Å². The number of fused-ring (bicyclic) bond motifs is 3. The lowest BCUT2D eigenvalue weighted by Gasteiger charge is -2.50. The maximum absolute atomic E-state index is 13.7. The predicted molar refractivity (Wildman–Crippen MR) is 118 cm³/mol. The molecule has 4 unspecified atom stereocenters. The molecular formula is C24H24N2O8. The molecule has 0 radical (unpaired) electrons. The minimum atomic E-state index is -2.67. The molecular weight excluding hydrogens is 444 g/mol. The number of Topliss-reactive ketones (excluding diaryl/α,β-unsaturated/α-hetero) is 2. The van der Waals surface area contributed by atoms with E-state index in [0.29, 0.717) is 11.1 Å². The number of carbonyl (C=O) groups is 3. The Kier molecular flexibility index (Phi) is 5.52. The minimum absolute atomic E-state index is 0.00567. The van der Waals surface area contributed by atoms with Crippen molar-refractivity contribution in [3.05, 3.63) is 45.7 Å². The highest BCUT2D eigenvalue weighted by molar-refractivity contribution is 6.24. The minimum Gasteiger partial charge on any atom is -0.508 e. The van der Waals surface area contributed by atoms with Crippen LogP contribution in [0.3, 0.4) is 0 Å². The van der Waals surface area contributed by atoms with E-state index in [-0.39, 0.29) is 29.7 Å². The lowest BCUT2D eigenvalue weighted by atomic mass is 9.57. The highest BCUT2D eigenvalue weighted by atomic mass is 16.3. The van der Waals surface area contributed by atoms with E-state index >= 15 is 0 Å². The van der Waals surface area contributed by atoms with Gasteiger partial charge in [-0.2, -0.15) is 0 Å². The molecule has 1 saturated carbocycles. The third-order valence-corrected chi connectivity index (χ3v) is 6.91. The summed E-state index contributed by atoms with van der Waals surface area (Å²) in [6, 6.07) is 1.66. The van der Waals surface area contributed by atoms with Gasteiger partial charge in [0.25, 0.3) is 5.91 Å². The zero-order chi connectivity index (χ0) is 25.1. The molecule has 10 nitrogen and oxygen atoms in total. The number of primary amides is 1. The van der Waals surface area contributed by atoms with Gasteiger partial charge in [-0.15, -0.1) is 0 Å². The summed E-state index contributed by atoms with van der Waals surface area (Å²) in [5, 5.41) is 52.9. The van der Waals surface area contributed by atoms with E-state index in [1.807, 2.05) is 0 Å². The van der Waals surface area contributed by atoms with Gasteiger partial charge in [-0.05, 0) is 50.6 Å². The fraction of sp³-hybridized carbons (Fsp3) is 0.375. The molecule has 0 saturated heterocycles. The molecule has 1 aromatic carbocycles. The first-order valence-electron chi connectivity index (χ1n) is 10.6. The topological polar surface area (TPSA) is 182 Å². The van der Waals surface area contributed by atoms with Gasteiger partial charge in [-0.1, -0.05) is 11.8 Å². The number of phenols is 1. The number of phenolic OH excluding ortho intramolecular Hbond substituents is 1. The van der Waals surface area contributed by atoms with Gasteiger partial charge in [0.2, 0.25) is 5.78 Å². The summed E-state index contributed by atoms with van der Waals surface area (Å²) < 4.78 is 0. The second kappa shape index (κ2) is 7.99. The Bertz CT molecular complexity index is 1270. The van der Waals surface area contributed by atoms with E-state index in [1.54, 1.807) is 0 Å². The Morgan fingerprint density at radius 1 is 1.24 bits per heavy atom. The van der Waals surface area contributed by atoms with Gasteiger partial charge in [0.1, 0.15) is 29.4 Å². The number of nitrogens with two attached hydrogens (primary N) is 1. The van der Waals surface area contributed by atoms with E-state index in [4.69, 9.17) is 10.8 Å². The van der Waals surface area contributed by atoms with Crippen LogP contribution in [0, 0.1) is 23.7 Å². The van der Waals surface area contributed by atoms with Crippen molar-refractivity contribution in [3.63, 3.8) is 0 Å². The summed E-state index contributed by atoms with van der Waals surface area (Å²) in [5.74, 6) is -1.74. The Labute approximate surface area is 194 Å². The summed E-state index contributed by atoms with van der Waals surface area (Å²) in [7, 11) is 3.07. The van der Waals surface area contributed by atoms with Crippen LogP contribution >= 0.6 is 0 Å². The van der Waals surface area contributed by atoms with Crippen LogP contribution in [0.4, 0.5) is 0 Å². The van der Waals surface area contributed by atoms with Crippen LogP contribution in [0.25, 0.3) is 5.76 Å². The Morgan fingerprint density at radius 3 is 2.50 bits per heavy atom. The first-order valence-corrected chi connectivity index (χ1v) is 10.6. The zero-order valence-corrected chi connectivity index (χ0v) is 18.5. The van der Waals surface area contributed by atoms with Crippen LogP contribution in [-0.4, -0.2) is 80.3 Å². The van der Waals surface area contributed by atoms with Crippen molar-refractivity contribution >= 4 is 23.2 Å². The van der Waals surface area contributed by atoms with Gasteiger partial charge in [0, 0.05) is 17.1 Å². The number of hydrogen-bond acceptors (Lipinski definition) is 9. The molecule has 7 N–H and O–H groups in total. The summed E-state index contributed by atoms with van der Waals surface area (Å²) in [5.41, 5.74) is 2.38. The number of nitrogens with zero attached hydrogens (tertiary/aromatic N) is 1. The number of likely N-dealkylation sites (N-methyl/N-ethyl adjacent to an activating group) is 1. The van der Waals surface area contributed by atoms with E-state index in [2.05, 4.69) is 11.8 Å². The van der Waals surface area contributed by atoms with Gasteiger partial charge in [-0.3, -0.25) is 19.3 Å². The average molecular weight is 468 g/mol. The molecule has 4 rings (SSSR count). The molecule has 178 valence electrons. The number of aromatic hydroxyl groups is 1. The fourth-order valence-electron chi connectivity index (χ4n) is 5.50. The van der Waals surface area contributed by atoms with Gasteiger partial charge >= 0.3 is 0 Å². The third kappa shape index (κ3) is 3.05. The van der Waals surface area contributed by atoms with Crippen molar-refractivity contribution in [1.82, 2.24) is 4.90 Å². The highest BCUT2D eigenvalue weighted by Gasteiger charge is 2.64. The lowest BCUT2D eigenvalue weighted by Crippen LogP contribution is -2.65. The number of carbonyl (C=O) groups excluding carboxylic acids is 3. The van der Waals surface area contributed by atoms with E-state index < -0.39 is 64.7 Å². The molecule has 4 atom stereocenters. The van der Waals surface area contributed by atoms with Crippen LogP contribution in [0.15, 0.2) is 29.0 Å². The summed E-state index contributed by atoms with van der Waals surface area (Å²) >= 11 is 0. The van der Waals surface area contributed by atoms with Crippen LogP contribution in [0.1, 0.15) is 23.1 Å². The Morgan fingerprint density at radius 2 is 1.91 bits per heavy atom. The molecule has 0 aromatic heterocycles. The summed E-state index contributed by atoms with van der Waals surface area (Å²) in [6.45, 7) is -0.403. The van der Waals surface area contributed by atoms with Crippen molar-refractivity contribution in [2.45, 2.75) is 24.5 Å². The van der Waals surface area contributed by atoms with Crippen molar-refractivity contribution in [2.24, 2.45) is 17.6 Å². The Hall–Kier alpha value is -3.65. The molecule has 0 aliphatic heterocycles. The standard InChI is InChI=1S/C24H24N2O8/c1-26(2)18-13-9-11-8-12-10(4-3-7-27)5-6-14(28)16(12)19(29)15(11)21(31)24(13,34)22(32)17(20(18)30)23(25)33/h5-6,11,13,18,27-29,32,34H,7-9H2,1-2H3,(H2,25,33). The molecule has 10 heteroatoms. The maximum atomic E-state index is 13.7. The molecule has 1 amide bonds. The maximum Gasteiger partial charge on any atom is 0.255 e. The number of aliphatic hydroxyl groups is 4. The van der Waals surface area contributed by atoms with Crippen molar-refractivity contribution in [1.29, 1.82) is 0 Å². The van der Waals surface area contributed by atoms with Crippen LogP contribution in [0.2, 0.25) is 0 Å². The van der Waals surface area contributed by atoms with E-state index in [0.717, 1.165) is 0 Å². The number of benzene rings is 1. The molecule has 3 aliphatic carbocycles. The number of hydrogen-bond donors (Lipinski definition) is 6. The first-order chi connectivity index (χ1) is 16.0. The summed E-state index contributed by atoms with van der Waals surface area (Å²) in [6.07, 6.45) is 0.132. The SMILES string of the molecule is CN(C)C1C(=O)C(C(N)=O)=C(O)C2(O)C(=O)C3=C(O)c4c(O)ccc(C#CCO)c4CC3CC12. The monoisotopic (exact) mass is 468 g/mol. The van der Waals surface area contributed by atoms with Gasteiger partial charge < -0.3 is 31.3 Å². The zero-order valence-electron chi connectivity index (χ0n) is 18.5. The molecule has 0 spiro atoms. The Balaban J connectivity index is 1.98. The molecule has 34 heavy (non-hydrogen) atoms. The second-order valence-corrected chi connectivity index (χ2v) is 8.91. The first kappa shape index (κ1) is 23.5. The van der Waals surface area contributed by atoms with E-state index in [1.165, 1.54) is 31.1 Å². The van der Waals surface area contributed by atoms with Gasteiger partial charge in [0.15, 0.2) is 11.4 Å². The van der Waals surface area contributed by atoms with Crippen LogP contribution in [0.5, 0.6) is 5.75 Å². The quantitative estimate of drug-likeness (QED) is 0.242. The fourth-order valence-corrected chi connectivity index (χ4v) is 5.50. The number of aliphatic hydroxyl groups excluding tert-OH is 3. The van der Waals surface area contributed by atoms with Crippen molar-refractivity contribution in [2.75, 3.05) is 20.7 Å².